The fraction of sp³-hybridized carbons (Fsp3) is 0.450. The largest absolute Gasteiger partial charge is 0.405 e. The van der Waals surface area contributed by atoms with Gasteiger partial charge in [-0.2, -0.15) is 18.2 Å². The highest BCUT2D eigenvalue weighted by atomic mass is 35.5. The number of fused-ring (bicyclic) bond motifs is 1. The Morgan fingerprint density at radius 1 is 1.12 bits per heavy atom. The summed E-state index contributed by atoms with van der Waals surface area (Å²) in [6.07, 6.45) is -6.50. The Morgan fingerprint density at radius 2 is 1.85 bits per heavy atom. The molecule has 2 heterocycles. The standard InChI is InChI=1S/C20H22F3N5O3S.ClH/c1-9-14(18-27-11-4-2-3-5-13(11)32-18)17(28-19(25-9)24-8-20(21,22)23)26-12-6-10(7-29)15(30)16(12)31;/h2-5,10,12,15-16,29-31H,6-8H2,1H3,(H2,24,25,26,28);1H/t10-,12-,15-,16+;/m1./s1. The van der Waals surface area contributed by atoms with Gasteiger partial charge in [-0.25, -0.2) is 9.97 Å². The average molecular weight is 506 g/mol. The number of aliphatic hydroxyl groups is 3. The summed E-state index contributed by atoms with van der Waals surface area (Å²) in [6.45, 7) is 0.0372. The summed E-state index contributed by atoms with van der Waals surface area (Å²) in [4.78, 5) is 13.0. The lowest BCUT2D eigenvalue weighted by Gasteiger charge is -2.21. The molecule has 1 aliphatic carbocycles. The molecule has 4 atom stereocenters. The van der Waals surface area contributed by atoms with E-state index in [0.29, 0.717) is 16.3 Å². The first kappa shape index (κ1) is 25.4. The van der Waals surface area contributed by atoms with Gasteiger partial charge < -0.3 is 26.0 Å². The van der Waals surface area contributed by atoms with Crippen molar-refractivity contribution in [2.75, 3.05) is 23.8 Å². The number of hydrogen-bond acceptors (Lipinski definition) is 9. The second-order valence-corrected chi connectivity index (χ2v) is 8.75. The van der Waals surface area contributed by atoms with Crippen LogP contribution >= 0.6 is 23.7 Å². The van der Waals surface area contributed by atoms with Gasteiger partial charge in [-0.3, -0.25) is 0 Å². The van der Waals surface area contributed by atoms with Crippen LogP contribution < -0.4 is 10.6 Å². The van der Waals surface area contributed by atoms with Crippen molar-refractivity contribution in [3.8, 4) is 10.6 Å². The molecule has 1 aliphatic rings. The molecule has 8 nitrogen and oxygen atoms in total. The maximum absolute atomic E-state index is 12.7. The number of aryl methyl sites for hydroxylation is 1. The summed E-state index contributed by atoms with van der Waals surface area (Å²) in [6, 6.07) is 6.81. The Labute approximate surface area is 197 Å². The number of rotatable bonds is 6. The molecule has 0 spiro atoms. The zero-order valence-corrected chi connectivity index (χ0v) is 19.0. The van der Waals surface area contributed by atoms with Crippen LogP contribution in [0.1, 0.15) is 12.1 Å². The number of hydrogen-bond donors (Lipinski definition) is 5. The van der Waals surface area contributed by atoms with Gasteiger partial charge in [0.2, 0.25) is 5.95 Å². The van der Waals surface area contributed by atoms with Crippen LogP contribution in [0.5, 0.6) is 0 Å². The van der Waals surface area contributed by atoms with E-state index in [1.54, 1.807) is 6.92 Å². The van der Waals surface area contributed by atoms with Crippen molar-refractivity contribution in [3.63, 3.8) is 0 Å². The summed E-state index contributed by atoms with van der Waals surface area (Å²) >= 11 is 1.38. The molecule has 180 valence electrons. The van der Waals surface area contributed by atoms with Crippen LogP contribution in [0, 0.1) is 12.8 Å². The minimum absolute atomic E-state index is 0. The van der Waals surface area contributed by atoms with E-state index in [1.165, 1.54) is 11.3 Å². The van der Waals surface area contributed by atoms with E-state index in [9.17, 15) is 28.5 Å². The highest BCUT2D eigenvalue weighted by Crippen LogP contribution is 2.38. The van der Waals surface area contributed by atoms with Gasteiger partial charge in [-0.05, 0) is 25.5 Å². The van der Waals surface area contributed by atoms with Gasteiger partial charge in [-0.15, -0.1) is 23.7 Å². The first-order valence-electron chi connectivity index (χ1n) is 9.95. The number of halogens is 4. The Balaban J connectivity index is 0.00000306. The van der Waals surface area contributed by atoms with Gasteiger partial charge in [0.25, 0.3) is 0 Å². The molecule has 0 amide bonds. The summed E-state index contributed by atoms with van der Waals surface area (Å²) in [5.41, 5.74) is 1.66. The maximum Gasteiger partial charge on any atom is 0.405 e. The van der Waals surface area contributed by atoms with Crippen LogP contribution in [0.25, 0.3) is 20.8 Å². The third-order valence-electron chi connectivity index (χ3n) is 5.40. The number of nitrogens with one attached hydrogen (secondary N) is 2. The van der Waals surface area contributed by atoms with Crippen molar-refractivity contribution in [1.82, 2.24) is 15.0 Å². The van der Waals surface area contributed by atoms with E-state index in [2.05, 4.69) is 25.6 Å². The predicted octanol–water partition coefficient (Wildman–Crippen LogP) is 2.97. The lowest BCUT2D eigenvalue weighted by molar-refractivity contribution is -0.115. The fourth-order valence-corrected chi connectivity index (χ4v) is 4.86. The minimum Gasteiger partial charge on any atom is -0.396 e. The molecule has 0 bridgehead atoms. The van der Waals surface area contributed by atoms with E-state index in [4.69, 9.17) is 0 Å². The van der Waals surface area contributed by atoms with Gasteiger partial charge in [0.1, 0.15) is 23.5 Å². The first-order valence-corrected chi connectivity index (χ1v) is 10.8. The van der Waals surface area contributed by atoms with Crippen molar-refractivity contribution in [3.05, 3.63) is 30.0 Å². The van der Waals surface area contributed by atoms with E-state index in [0.717, 1.165) is 10.2 Å². The molecule has 4 rings (SSSR count). The molecular formula is C20H23ClF3N5O3S. The smallest absolute Gasteiger partial charge is 0.396 e. The lowest BCUT2D eigenvalue weighted by Crippen LogP contribution is -2.36. The molecule has 33 heavy (non-hydrogen) atoms. The van der Waals surface area contributed by atoms with Crippen LogP contribution in [0.2, 0.25) is 0 Å². The van der Waals surface area contributed by atoms with Crippen molar-refractivity contribution < 1.29 is 28.5 Å². The quantitative estimate of drug-likeness (QED) is 0.346. The first-order chi connectivity index (χ1) is 15.2. The van der Waals surface area contributed by atoms with Gasteiger partial charge in [0.15, 0.2) is 0 Å². The summed E-state index contributed by atoms with van der Waals surface area (Å²) in [7, 11) is 0. The number of benzene rings is 1. The van der Waals surface area contributed by atoms with E-state index < -0.39 is 36.9 Å². The van der Waals surface area contributed by atoms with Gasteiger partial charge in [0.05, 0.1) is 33.6 Å². The second-order valence-electron chi connectivity index (χ2n) is 7.72. The topological polar surface area (TPSA) is 123 Å². The van der Waals surface area contributed by atoms with E-state index >= 15 is 0 Å². The van der Waals surface area contributed by atoms with Crippen LogP contribution in [-0.2, 0) is 0 Å². The zero-order chi connectivity index (χ0) is 23.0. The number of alkyl halides is 3. The molecule has 3 aromatic rings. The molecule has 0 saturated heterocycles. The Kier molecular flexibility index (Phi) is 7.64. The van der Waals surface area contributed by atoms with Crippen molar-refractivity contribution >= 4 is 45.7 Å². The number of thiazole rings is 1. The van der Waals surface area contributed by atoms with Crippen LogP contribution in [0.15, 0.2) is 24.3 Å². The Morgan fingerprint density at radius 3 is 2.48 bits per heavy atom. The van der Waals surface area contributed by atoms with Gasteiger partial charge in [-0.1, -0.05) is 12.1 Å². The van der Waals surface area contributed by atoms with E-state index in [-0.39, 0.29) is 37.2 Å². The molecule has 13 heteroatoms. The van der Waals surface area contributed by atoms with Crippen LogP contribution in [0.3, 0.4) is 0 Å². The molecule has 2 aromatic heterocycles. The SMILES string of the molecule is Cc1nc(NCC(F)(F)F)nc(N[C@@H]2C[C@H](CO)[C@@H](O)[C@H]2O)c1-c1nc2ccccc2s1.Cl. The van der Waals surface area contributed by atoms with Crippen molar-refractivity contribution in [2.45, 2.75) is 37.8 Å². The molecule has 1 aromatic carbocycles. The number of anilines is 2. The molecule has 0 radical (unpaired) electrons. The highest BCUT2D eigenvalue weighted by Gasteiger charge is 2.41. The maximum atomic E-state index is 12.7. The van der Waals surface area contributed by atoms with Crippen molar-refractivity contribution in [1.29, 1.82) is 0 Å². The molecule has 0 aliphatic heterocycles. The molecule has 1 fully saturated rings. The zero-order valence-electron chi connectivity index (χ0n) is 17.4. The van der Waals surface area contributed by atoms with Crippen LogP contribution in [-0.4, -0.2) is 67.8 Å². The lowest BCUT2D eigenvalue weighted by atomic mass is 10.1. The highest BCUT2D eigenvalue weighted by molar-refractivity contribution is 7.21. The normalized spacial score (nSPS) is 22.9. The molecule has 5 N–H and O–H groups in total. The molecule has 0 unspecified atom stereocenters. The predicted molar refractivity (Wildman–Crippen MR) is 122 cm³/mol. The summed E-state index contributed by atoms with van der Waals surface area (Å²) in [5, 5.41) is 35.8. The average Bonchev–Trinajstić information content (AvgIpc) is 3.27. The minimum atomic E-state index is -4.45. The van der Waals surface area contributed by atoms with Crippen LogP contribution in [0.4, 0.5) is 24.9 Å². The Hall–Kier alpha value is -2.25. The number of para-hydroxylation sites is 1. The Bertz CT molecular complexity index is 1080. The fourth-order valence-electron chi connectivity index (χ4n) is 3.80. The van der Waals surface area contributed by atoms with E-state index in [1.807, 2.05) is 24.3 Å². The second kappa shape index (κ2) is 9.94. The number of aliphatic hydroxyl groups excluding tert-OH is 3. The third kappa shape index (κ3) is 5.46. The molecular weight excluding hydrogens is 483 g/mol. The van der Waals surface area contributed by atoms with Gasteiger partial charge >= 0.3 is 6.18 Å². The van der Waals surface area contributed by atoms with Gasteiger partial charge in [0, 0.05) is 12.5 Å². The number of nitrogens with zero attached hydrogens (tertiary/aromatic N) is 3. The summed E-state index contributed by atoms with van der Waals surface area (Å²) < 4.78 is 39.0. The monoisotopic (exact) mass is 505 g/mol. The summed E-state index contributed by atoms with van der Waals surface area (Å²) in [5.74, 6) is -0.561. The molecule has 1 saturated carbocycles. The number of aromatic nitrogens is 3. The van der Waals surface area contributed by atoms with Crippen molar-refractivity contribution in [2.24, 2.45) is 5.92 Å². The third-order valence-corrected chi connectivity index (χ3v) is 6.46.